The van der Waals surface area contributed by atoms with E-state index >= 15 is 0 Å². The molecule has 27 heavy (non-hydrogen) atoms. The largest absolute Gasteiger partial charge is 0.276 e. The van der Waals surface area contributed by atoms with Gasteiger partial charge in [0.2, 0.25) is 5.84 Å². The topological polar surface area (TPSA) is 62.0 Å². The molecule has 5 heteroatoms. The molecule has 0 bridgehead atoms. The number of benzene rings is 3. The summed E-state index contributed by atoms with van der Waals surface area (Å²) in [7, 11) is 0. The second-order valence-electron chi connectivity index (χ2n) is 5.83. The fourth-order valence-electron chi connectivity index (χ4n) is 2.65. The molecule has 0 fully saturated rings. The zero-order valence-electron chi connectivity index (χ0n) is 14.5. The number of hydrogen-bond donors (Lipinski definition) is 1. The van der Waals surface area contributed by atoms with Crippen LogP contribution in [-0.2, 0) is 0 Å². The Balaban J connectivity index is 1.69. The summed E-state index contributed by atoms with van der Waals surface area (Å²) in [6, 6.07) is 29.4. The molecule has 4 rings (SSSR count). The first-order chi connectivity index (χ1) is 13.4. The highest BCUT2D eigenvalue weighted by molar-refractivity contribution is 5.98. The molecule has 1 aromatic heterocycles. The summed E-state index contributed by atoms with van der Waals surface area (Å²) < 4.78 is 0. The van der Waals surface area contributed by atoms with Gasteiger partial charge in [0.15, 0.2) is 0 Å². The van der Waals surface area contributed by atoms with Crippen molar-refractivity contribution >= 4 is 28.0 Å². The van der Waals surface area contributed by atoms with E-state index in [0.717, 1.165) is 22.1 Å². The average Bonchev–Trinajstić information content (AvgIpc) is 2.75. The van der Waals surface area contributed by atoms with Crippen molar-refractivity contribution in [2.45, 2.75) is 0 Å². The Morgan fingerprint density at radius 3 is 2.37 bits per heavy atom. The summed E-state index contributed by atoms with van der Waals surface area (Å²) in [5.74, 6) is 0.410. The van der Waals surface area contributed by atoms with Crippen molar-refractivity contribution in [3.8, 4) is 0 Å². The summed E-state index contributed by atoms with van der Waals surface area (Å²) in [4.78, 5) is 4.34. The van der Waals surface area contributed by atoms with Crippen molar-refractivity contribution in [3.05, 3.63) is 103 Å². The second kappa shape index (κ2) is 8.01. The van der Waals surface area contributed by atoms with Crippen LogP contribution in [0.1, 0.15) is 5.69 Å². The number of amidine groups is 1. The van der Waals surface area contributed by atoms with Gasteiger partial charge < -0.3 is 0 Å². The molecule has 1 heterocycles. The van der Waals surface area contributed by atoms with Crippen LogP contribution in [0.5, 0.6) is 0 Å². The van der Waals surface area contributed by atoms with Crippen molar-refractivity contribution in [3.63, 3.8) is 0 Å². The first-order valence-corrected chi connectivity index (χ1v) is 8.60. The van der Waals surface area contributed by atoms with E-state index in [2.05, 4.69) is 37.9 Å². The van der Waals surface area contributed by atoms with Crippen LogP contribution in [0.25, 0.3) is 10.8 Å². The fourth-order valence-corrected chi connectivity index (χ4v) is 2.65. The third kappa shape index (κ3) is 4.04. The van der Waals surface area contributed by atoms with Gasteiger partial charge in [-0.05, 0) is 35.7 Å². The Kier molecular flexibility index (Phi) is 4.93. The number of pyridine rings is 1. The average molecular weight is 351 g/mol. The van der Waals surface area contributed by atoms with Gasteiger partial charge in [-0.2, -0.15) is 5.10 Å². The van der Waals surface area contributed by atoms with Gasteiger partial charge >= 0.3 is 0 Å². The van der Waals surface area contributed by atoms with Crippen LogP contribution < -0.4 is 5.43 Å². The SMILES string of the molecule is c1ccc(N/N=C(/N=N/c2cccc3ccccc23)c2ccccn2)cc1. The molecule has 130 valence electrons. The van der Waals surface area contributed by atoms with E-state index < -0.39 is 0 Å². The molecular formula is C22H17N5. The smallest absolute Gasteiger partial charge is 0.219 e. The van der Waals surface area contributed by atoms with Crippen LogP contribution in [0.2, 0.25) is 0 Å². The number of rotatable bonds is 4. The van der Waals surface area contributed by atoms with Crippen LogP contribution in [0.4, 0.5) is 11.4 Å². The molecule has 0 saturated heterocycles. The maximum absolute atomic E-state index is 4.44. The first kappa shape index (κ1) is 16.6. The first-order valence-electron chi connectivity index (χ1n) is 8.60. The van der Waals surface area contributed by atoms with Crippen molar-refractivity contribution in [1.82, 2.24) is 4.98 Å². The Hall–Kier alpha value is -3.86. The van der Waals surface area contributed by atoms with E-state index in [-0.39, 0.29) is 0 Å². The lowest BCUT2D eigenvalue weighted by molar-refractivity contribution is 1.19. The fraction of sp³-hybridized carbons (Fsp3) is 0. The molecule has 0 amide bonds. The van der Waals surface area contributed by atoms with Crippen molar-refractivity contribution < 1.29 is 0 Å². The predicted molar refractivity (Wildman–Crippen MR) is 109 cm³/mol. The van der Waals surface area contributed by atoms with Crippen molar-refractivity contribution in [1.29, 1.82) is 0 Å². The van der Waals surface area contributed by atoms with E-state index in [4.69, 9.17) is 0 Å². The molecule has 0 aliphatic carbocycles. The van der Waals surface area contributed by atoms with Gasteiger partial charge in [-0.25, -0.2) is 0 Å². The lowest BCUT2D eigenvalue weighted by Gasteiger charge is -2.03. The Labute approximate surface area is 157 Å². The van der Waals surface area contributed by atoms with Gasteiger partial charge in [-0.1, -0.05) is 60.7 Å². The third-order valence-electron chi connectivity index (χ3n) is 3.98. The Morgan fingerprint density at radius 1 is 0.741 bits per heavy atom. The quantitative estimate of drug-likeness (QED) is 0.219. The lowest BCUT2D eigenvalue weighted by atomic mass is 10.1. The molecule has 1 N–H and O–H groups in total. The zero-order chi connectivity index (χ0) is 18.3. The van der Waals surface area contributed by atoms with Crippen LogP contribution >= 0.6 is 0 Å². The summed E-state index contributed by atoms with van der Waals surface area (Å²) in [6.07, 6.45) is 1.71. The number of aromatic nitrogens is 1. The summed E-state index contributed by atoms with van der Waals surface area (Å²) in [6.45, 7) is 0. The van der Waals surface area contributed by atoms with E-state index in [1.165, 1.54) is 0 Å². The highest BCUT2D eigenvalue weighted by Gasteiger charge is 2.05. The third-order valence-corrected chi connectivity index (χ3v) is 3.98. The summed E-state index contributed by atoms with van der Waals surface area (Å²) in [5.41, 5.74) is 5.31. The number of hydrazone groups is 1. The molecule has 0 aliphatic rings. The Bertz CT molecular complexity index is 1080. The minimum atomic E-state index is 0.410. The number of nitrogens with one attached hydrogen (secondary N) is 1. The maximum Gasteiger partial charge on any atom is 0.219 e. The van der Waals surface area contributed by atoms with Crippen molar-refractivity contribution in [2.75, 3.05) is 5.43 Å². The molecule has 0 atom stereocenters. The number of nitrogens with zero attached hydrogens (tertiary/aromatic N) is 4. The van der Waals surface area contributed by atoms with Gasteiger partial charge in [0.25, 0.3) is 0 Å². The normalized spacial score (nSPS) is 11.8. The van der Waals surface area contributed by atoms with Crippen molar-refractivity contribution in [2.24, 2.45) is 15.3 Å². The van der Waals surface area contributed by atoms with E-state index in [9.17, 15) is 0 Å². The standard InChI is InChI=1S/C22H17N5/c1-2-11-18(12-3-1)24-26-22(21-14-6-7-16-23-21)27-25-20-15-8-10-17-9-4-5-13-19(17)20/h1-16,24H/b26-22+,27-25+. The minimum absolute atomic E-state index is 0.410. The predicted octanol–water partition coefficient (Wildman–Crippen LogP) is 5.79. The number of fused-ring (bicyclic) bond motifs is 1. The number of anilines is 1. The molecule has 0 radical (unpaired) electrons. The van der Waals surface area contributed by atoms with E-state index in [0.29, 0.717) is 11.5 Å². The second-order valence-corrected chi connectivity index (χ2v) is 5.83. The van der Waals surface area contributed by atoms with Crippen LogP contribution in [0.15, 0.2) is 113 Å². The molecule has 4 aromatic rings. The zero-order valence-corrected chi connectivity index (χ0v) is 14.5. The summed E-state index contributed by atoms with van der Waals surface area (Å²) >= 11 is 0. The van der Waals surface area contributed by atoms with Crippen LogP contribution in [0, 0.1) is 0 Å². The highest BCUT2D eigenvalue weighted by atomic mass is 15.3. The van der Waals surface area contributed by atoms with E-state index in [1.807, 2.05) is 78.9 Å². The van der Waals surface area contributed by atoms with Gasteiger partial charge in [0, 0.05) is 11.6 Å². The van der Waals surface area contributed by atoms with Gasteiger partial charge in [0.05, 0.1) is 11.4 Å². The number of azo groups is 1. The van der Waals surface area contributed by atoms with Crippen LogP contribution in [-0.4, -0.2) is 10.8 Å². The van der Waals surface area contributed by atoms with Gasteiger partial charge in [-0.15, -0.1) is 10.2 Å². The van der Waals surface area contributed by atoms with Gasteiger partial charge in [-0.3, -0.25) is 10.4 Å². The molecule has 0 aliphatic heterocycles. The monoisotopic (exact) mass is 351 g/mol. The maximum atomic E-state index is 4.44. The Morgan fingerprint density at radius 2 is 1.52 bits per heavy atom. The molecule has 0 spiro atoms. The number of para-hydroxylation sites is 1. The molecule has 5 nitrogen and oxygen atoms in total. The van der Waals surface area contributed by atoms with Gasteiger partial charge in [0.1, 0.15) is 5.69 Å². The van der Waals surface area contributed by atoms with Crippen LogP contribution in [0.3, 0.4) is 0 Å². The summed E-state index contributed by atoms with van der Waals surface area (Å²) in [5, 5.41) is 15.4. The molecular weight excluding hydrogens is 334 g/mol. The molecule has 3 aromatic carbocycles. The minimum Gasteiger partial charge on any atom is -0.276 e. The lowest BCUT2D eigenvalue weighted by Crippen LogP contribution is -2.03. The molecule has 0 unspecified atom stereocenters. The number of hydrogen-bond acceptors (Lipinski definition) is 4. The van der Waals surface area contributed by atoms with E-state index in [1.54, 1.807) is 6.20 Å². The molecule has 0 saturated carbocycles. The highest BCUT2D eigenvalue weighted by Crippen LogP contribution is 2.26.